The van der Waals surface area contributed by atoms with Crippen molar-refractivity contribution in [2.24, 2.45) is 7.05 Å². The van der Waals surface area contributed by atoms with Crippen molar-refractivity contribution in [1.82, 2.24) is 14.7 Å². The minimum Gasteiger partial charge on any atom is -0.486 e. The van der Waals surface area contributed by atoms with Crippen molar-refractivity contribution in [3.05, 3.63) is 106 Å². The Bertz CT molecular complexity index is 1240. The second-order valence-corrected chi connectivity index (χ2v) is 9.65. The third-order valence-electron chi connectivity index (χ3n) is 6.07. The number of amides is 1. The lowest BCUT2D eigenvalue weighted by molar-refractivity contribution is 0.0746. The van der Waals surface area contributed by atoms with Gasteiger partial charge >= 0.3 is 0 Å². The van der Waals surface area contributed by atoms with Crippen molar-refractivity contribution < 1.29 is 13.9 Å². The molecule has 0 aliphatic rings. The van der Waals surface area contributed by atoms with Crippen molar-refractivity contribution in [2.75, 3.05) is 7.05 Å². The standard InChI is InChI=1S/C27H28BrN3O3/c1-27(2,19-8-6-5-7-9-19)20-10-12-21(13-11-20)33-18-22-14-15-25(34-22)26(32)30(3)17-24-23(28)16-29-31(24)4/h5-16H,17-18H2,1-4H3. The number of nitrogens with zero attached hydrogens (tertiary/aromatic N) is 3. The Morgan fingerprint density at radius 2 is 1.74 bits per heavy atom. The van der Waals surface area contributed by atoms with Gasteiger partial charge in [0.15, 0.2) is 5.76 Å². The first kappa shape index (κ1) is 23.8. The fourth-order valence-electron chi connectivity index (χ4n) is 3.81. The van der Waals surface area contributed by atoms with Crippen molar-refractivity contribution in [3.8, 4) is 5.75 Å². The first-order chi connectivity index (χ1) is 16.3. The maximum atomic E-state index is 12.8. The van der Waals surface area contributed by atoms with E-state index in [1.807, 2.05) is 25.2 Å². The molecule has 0 unspecified atom stereocenters. The smallest absolute Gasteiger partial charge is 0.289 e. The second kappa shape index (κ2) is 9.89. The Morgan fingerprint density at radius 3 is 2.38 bits per heavy atom. The van der Waals surface area contributed by atoms with Gasteiger partial charge in [-0.1, -0.05) is 56.3 Å². The van der Waals surface area contributed by atoms with Crippen LogP contribution in [-0.2, 0) is 25.6 Å². The van der Waals surface area contributed by atoms with Gasteiger partial charge in [-0.25, -0.2) is 0 Å². The molecule has 1 amide bonds. The highest BCUT2D eigenvalue weighted by molar-refractivity contribution is 9.10. The number of aryl methyl sites for hydroxylation is 1. The van der Waals surface area contributed by atoms with Crippen LogP contribution >= 0.6 is 15.9 Å². The number of halogens is 1. The van der Waals surface area contributed by atoms with Crippen LogP contribution in [0.25, 0.3) is 0 Å². The second-order valence-electron chi connectivity index (χ2n) is 8.79. The summed E-state index contributed by atoms with van der Waals surface area (Å²) in [7, 11) is 3.58. The van der Waals surface area contributed by atoms with Gasteiger partial charge in [0.2, 0.25) is 0 Å². The number of rotatable bonds is 8. The molecule has 34 heavy (non-hydrogen) atoms. The van der Waals surface area contributed by atoms with Crippen LogP contribution in [0, 0.1) is 0 Å². The molecule has 7 heteroatoms. The lowest BCUT2D eigenvalue weighted by Crippen LogP contribution is -2.27. The van der Waals surface area contributed by atoms with Gasteiger partial charge in [0.05, 0.1) is 22.9 Å². The van der Waals surface area contributed by atoms with Gasteiger partial charge in [-0.2, -0.15) is 5.10 Å². The minimum atomic E-state index is -0.202. The molecule has 6 nitrogen and oxygen atoms in total. The molecule has 0 spiro atoms. The monoisotopic (exact) mass is 521 g/mol. The van der Waals surface area contributed by atoms with Gasteiger partial charge < -0.3 is 14.1 Å². The zero-order valence-corrected chi connectivity index (χ0v) is 21.4. The molecular weight excluding hydrogens is 494 g/mol. The summed E-state index contributed by atoms with van der Waals surface area (Å²) < 4.78 is 14.3. The molecule has 0 fully saturated rings. The van der Waals surface area contributed by atoms with E-state index in [0.717, 1.165) is 15.9 Å². The van der Waals surface area contributed by atoms with Crippen LogP contribution in [0.1, 0.15) is 47.0 Å². The molecular formula is C27H28BrN3O3. The fraction of sp³-hybridized carbons (Fsp3) is 0.259. The average molecular weight is 522 g/mol. The van der Waals surface area contributed by atoms with Crippen molar-refractivity contribution in [1.29, 1.82) is 0 Å². The predicted octanol–water partition coefficient (Wildman–Crippen LogP) is 5.95. The molecule has 0 aliphatic heterocycles. The quantitative estimate of drug-likeness (QED) is 0.287. The number of hydrogen-bond donors (Lipinski definition) is 0. The number of benzene rings is 2. The molecule has 2 aromatic heterocycles. The largest absolute Gasteiger partial charge is 0.486 e. The molecule has 4 aromatic rings. The maximum absolute atomic E-state index is 12.8. The zero-order valence-electron chi connectivity index (χ0n) is 19.8. The number of carbonyl (C=O) groups excluding carboxylic acids is 1. The van der Waals surface area contributed by atoms with Crippen molar-refractivity contribution >= 4 is 21.8 Å². The molecule has 4 rings (SSSR count). The Morgan fingerprint density at radius 1 is 1.06 bits per heavy atom. The Kier molecular flexibility index (Phi) is 6.93. The van der Waals surface area contributed by atoms with E-state index in [2.05, 4.69) is 71.3 Å². The lowest BCUT2D eigenvalue weighted by Gasteiger charge is -2.26. The molecule has 2 aromatic carbocycles. The molecule has 0 saturated carbocycles. The highest BCUT2D eigenvalue weighted by Gasteiger charge is 2.23. The molecule has 0 N–H and O–H groups in total. The summed E-state index contributed by atoms with van der Waals surface area (Å²) in [5.41, 5.74) is 3.27. The van der Waals surface area contributed by atoms with Crippen LogP contribution in [0.4, 0.5) is 0 Å². The van der Waals surface area contributed by atoms with Gasteiger partial charge in [0.25, 0.3) is 5.91 Å². The van der Waals surface area contributed by atoms with E-state index in [1.165, 1.54) is 11.1 Å². The summed E-state index contributed by atoms with van der Waals surface area (Å²) in [6.07, 6.45) is 1.71. The SMILES string of the molecule is CN(Cc1c(Br)cnn1C)C(=O)c1ccc(COc2ccc(C(C)(C)c3ccccc3)cc2)o1. The van der Waals surface area contributed by atoms with Gasteiger partial charge in [-0.05, 0) is 51.3 Å². The van der Waals surface area contributed by atoms with Crippen molar-refractivity contribution in [3.63, 3.8) is 0 Å². The van der Waals surface area contributed by atoms with Crippen LogP contribution in [-0.4, -0.2) is 27.6 Å². The molecule has 0 aliphatic carbocycles. The van der Waals surface area contributed by atoms with E-state index in [4.69, 9.17) is 9.15 Å². The number of hydrogen-bond acceptors (Lipinski definition) is 4. The number of carbonyl (C=O) groups is 1. The van der Waals surface area contributed by atoms with Gasteiger partial charge in [-0.15, -0.1) is 0 Å². The highest BCUT2D eigenvalue weighted by Crippen LogP contribution is 2.32. The molecule has 176 valence electrons. The van der Waals surface area contributed by atoms with Gasteiger partial charge in [-0.3, -0.25) is 9.48 Å². The summed E-state index contributed by atoms with van der Waals surface area (Å²) >= 11 is 3.46. The Balaban J connectivity index is 1.36. The molecule has 0 atom stereocenters. The Labute approximate surface area is 208 Å². The first-order valence-electron chi connectivity index (χ1n) is 11.0. The summed E-state index contributed by atoms with van der Waals surface area (Å²) in [4.78, 5) is 14.4. The molecule has 2 heterocycles. The molecule has 0 bridgehead atoms. The maximum Gasteiger partial charge on any atom is 0.289 e. The molecule has 0 saturated heterocycles. The average Bonchev–Trinajstić information content (AvgIpc) is 3.45. The van der Waals surface area contributed by atoms with E-state index >= 15 is 0 Å². The number of ether oxygens (including phenoxy) is 1. The van der Waals surface area contributed by atoms with Crippen LogP contribution in [0.3, 0.4) is 0 Å². The normalized spacial score (nSPS) is 11.4. The molecule has 0 radical (unpaired) electrons. The Hall–Kier alpha value is -3.32. The fourth-order valence-corrected chi connectivity index (χ4v) is 4.29. The first-order valence-corrected chi connectivity index (χ1v) is 11.8. The van der Waals surface area contributed by atoms with Crippen molar-refractivity contribution in [2.45, 2.75) is 32.4 Å². The number of aromatic nitrogens is 2. The third kappa shape index (κ3) is 5.09. The van der Waals surface area contributed by atoms with Crippen LogP contribution in [0.2, 0.25) is 0 Å². The van der Waals surface area contributed by atoms with Crippen LogP contribution in [0.5, 0.6) is 5.75 Å². The van der Waals surface area contributed by atoms with Gasteiger partial charge in [0.1, 0.15) is 18.1 Å². The van der Waals surface area contributed by atoms with E-state index in [1.54, 1.807) is 35.0 Å². The highest BCUT2D eigenvalue weighted by atomic mass is 79.9. The predicted molar refractivity (Wildman–Crippen MR) is 135 cm³/mol. The van der Waals surface area contributed by atoms with E-state index in [9.17, 15) is 4.79 Å². The summed E-state index contributed by atoms with van der Waals surface area (Å²) in [6.45, 7) is 5.08. The van der Waals surface area contributed by atoms with Crippen LogP contribution < -0.4 is 4.74 Å². The van der Waals surface area contributed by atoms with E-state index < -0.39 is 0 Å². The summed E-state index contributed by atoms with van der Waals surface area (Å²) in [6, 6.07) is 22.0. The third-order valence-corrected chi connectivity index (χ3v) is 6.73. The summed E-state index contributed by atoms with van der Waals surface area (Å²) in [5.74, 6) is 1.41. The van der Waals surface area contributed by atoms with E-state index in [0.29, 0.717) is 12.3 Å². The van der Waals surface area contributed by atoms with Crippen LogP contribution in [0.15, 0.2) is 81.8 Å². The van der Waals surface area contributed by atoms with E-state index in [-0.39, 0.29) is 23.7 Å². The topological polar surface area (TPSA) is 60.5 Å². The minimum absolute atomic E-state index is 0.104. The zero-order chi connectivity index (χ0) is 24.3. The summed E-state index contributed by atoms with van der Waals surface area (Å²) in [5, 5.41) is 4.18. The number of furan rings is 1. The lowest BCUT2D eigenvalue weighted by atomic mass is 9.78. The van der Waals surface area contributed by atoms with Gasteiger partial charge in [0, 0.05) is 19.5 Å².